The molecule has 0 saturated carbocycles. The van der Waals surface area contributed by atoms with Crippen LogP contribution in [0.4, 0.5) is 11.6 Å². The molecule has 0 spiro atoms. The molecule has 1 heterocycles. The number of carbonyl (C=O) groups excluding carboxylic acids is 1. The highest BCUT2D eigenvalue weighted by molar-refractivity contribution is 5.69. The molecule has 0 aromatic carbocycles. The molecular formula is C8H13N3O. The van der Waals surface area contributed by atoms with E-state index in [-0.39, 0.29) is 0 Å². The summed E-state index contributed by atoms with van der Waals surface area (Å²) >= 11 is 0. The normalized spacial score (nSPS) is 7.83. The van der Waals surface area contributed by atoms with Crippen LogP contribution in [-0.2, 0) is 4.79 Å². The van der Waals surface area contributed by atoms with E-state index in [0.29, 0.717) is 18.0 Å². The van der Waals surface area contributed by atoms with E-state index in [1.54, 1.807) is 18.2 Å². The highest BCUT2D eigenvalue weighted by Crippen LogP contribution is 2.03. The molecule has 0 bridgehead atoms. The Morgan fingerprint density at radius 2 is 2.17 bits per heavy atom. The molecule has 4 heteroatoms. The van der Waals surface area contributed by atoms with Crippen LogP contribution in [0.5, 0.6) is 0 Å². The minimum atomic E-state index is 0.395. The fourth-order valence-electron chi connectivity index (χ4n) is 0.592. The lowest BCUT2D eigenvalue weighted by Gasteiger charge is -1.96. The number of amides is 1. The van der Waals surface area contributed by atoms with E-state index in [0.717, 1.165) is 0 Å². The summed E-state index contributed by atoms with van der Waals surface area (Å²) in [6.45, 7) is 4.00. The Balaban J connectivity index is 0.000000561. The third-order valence-corrected chi connectivity index (χ3v) is 0.977. The zero-order chi connectivity index (χ0) is 9.40. The van der Waals surface area contributed by atoms with Gasteiger partial charge in [0.25, 0.3) is 0 Å². The number of rotatable bonds is 2. The summed E-state index contributed by atoms with van der Waals surface area (Å²) in [6, 6.07) is 5.02. The number of nitrogens with zero attached hydrogens (tertiary/aromatic N) is 1. The van der Waals surface area contributed by atoms with E-state index >= 15 is 0 Å². The van der Waals surface area contributed by atoms with Crippen molar-refractivity contribution in [1.82, 2.24) is 4.98 Å². The van der Waals surface area contributed by atoms with Gasteiger partial charge in [0.1, 0.15) is 11.6 Å². The second kappa shape index (κ2) is 6.15. The molecular weight excluding hydrogens is 154 g/mol. The monoisotopic (exact) mass is 167 g/mol. The van der Waals surface area contributed by atoms with E-state index in [9.17, 15) is 4.79 Å². The second-order valence-corrected chi connectivity index (χ2v) is 1.71. The van der Waals surface area contributed by atoms with Crippen LogP contribution in [0, 0.1) is 0 Å². The molecule has 0 unspecified atom stereocenters. The molecule has 0 fully saturated rings. The number of aromatic nitrogens is 1. The van der Waals surface area contributed by atoms with Gasteiger partial charge in [-0.3, -0.25) is 4.79 Å². The van der Waals surface area contributed by atoms with Gasteiger partial charge in [-0.1, -0.05) is 19.9 Å². The summed E-state index contributed by atoms with van der Waals surface area (Å²) < 4.78 is 0. The number of nitrogens with one attached hydrogen (secondary N) is 1. The zero-order valence-electron chi connectivity index (χ0n) is 7.24. The van der Waals surface area contributed by atoms with Crippen molar-refractivity contribution >= 4 is 18.0 Å². The average molecular weight is 167 g/mol. The van der Waals surface area contributed by atoms with Crippen molar-refractivity contribution in [3.63, 3.8) is 0 Å². The van der Waals surface area contributed by atoms with Crippen LogP contribution in [0.1, 0.15) is 13.8 Å². The van der Waals surface area contributed by atoms with Gasteiger partial charge in [0.05, 0.1) is 0 Å². The summed E-state index contributed by atoms with van der Waals surface area (Å²) in [6.07, 6.45) is 0.557. The summed E-state index contributed by atoms with van der Waals surface area (Å²) in [7, 11) is 0. The third-order valence-electron chi connectivity index (χ3n) is 0.977. The third kappa shape index (κ3) is 3.55. The maximum absolute atomic E-state index is 9.89. The van der Waals surface area contributed by atoms with Gasteiger partial charge in [-0.15, -0.1) is 0 Å². The average Bonchev–Trinajstić information content (AvgIpc) is 2.09. The first-order valence-corrected chi connectivity index (χ1v) is 3.75. The topological polar surface area (TPSA) is 68.0 Å². The van der Waals surface area contributed by atoms with E-state index in [1.807, 2.05) is 13.8 Å². The van der Waals surface area contributed by atoms with E-state index in [4.69, 9.17) is 5.73 Å². The first kappa shape index (κ1) is 10.4. The summed E-state index contributed by atoms with van der Waals surface area (Å²) in [5, 5.41) is 2.38. The lowest BCUT2D eigenvalue weighted by Crippen LogP contribution is -1.98. The first-order chi connectivity index (χ1) is 5.83. The quantitative estimate of drug-likeness (QED) is 0.651. The molecule has 12 heavy (non-hydrogen) atoms. The van der Waals surface area contributed by atoms with Crippen molar-refractivity contribution in [2.75, 3.05) is 11.1 Å². The van der Waals surface area contributed by atoms with Crippen molar-refractivity contribution in [3.8, 4) is 0 Å². The van der Waals surface area contributed by atoms with Gasteiger partial charge in [0, 0.05) is 0 Å². The van der Waals surface area contributed by atoms with Crippen LogP contribution in [0.2, 0.25) is 0 Å². The van der Waals surface area contributed by atoms with Crippen LogP contribution in [0.3, 0.4) is 0 Å². The van der Waals surface area contributed by atoms with Gasteiger partial charge in [-0.05, 0) is 12.1 Å². The zero-order valence-corrected chi connectivity index (χ0v) is 7.24. The Hall–Kier alpha value is -1.58. The highest BCUT2D eigenvalue weighted by atomic mass is 16.1. The van der Waals surface area contributed by atoms with Crippen LogP contribution in [0.15, 0.2) is 18.2 Å². The van der Waals surface area contributed by atoms with Crippen LogP contribution in [-0.4, -0.2) is 11.4 Å². The minimum absolute atomic E-state index is 0.395. The van der Waals surface area contributed by atoms with Crippen LogP contribution in [0.25, 0.3) is 0 Å². The fraction of sp³-hybridized carbons (Fsp3) is 0.250. The predicted octanol–water partition coefficient (Wildman–Crippen LogP) is 1.26. The van der Waals surface area contributed by atoms with Crippen molar-refractivity contribution in [1.29, 1.82) is 0 Å². The molecule has 1 rings (SSSR count). The molecule has 0 saturated heterocycles. The smallest absolute Gasteiger partial charge is 0.212 e. The number of hydrogen-bond acceptors (Lipinski definition) is 3. The second-order valence-electron chi connectivity index (χ2n) is 1.71. The molecule has 3 N–H and O–H groups in total. The SMILES string of the molecule is CC.Nc1cccc(NC=O)n1. The molecule has 1 aromatic heterocycles. The Labute approximate surface area is 71.8 Å². The Morgan fingerprint density at radius 3 is 2.67 bits per heavy atom. The molecule has 0 aliphatic heterocycles. The molecule has 0 atom stereocenters. The molecule has 4 nitrogen and oxygen atoms in total. The Kier molecular flexibility index (Phi) is 5.34. The summed E-state index contributed by atoms with van der Waals surface area (Å²) in [4.78, 5) is 13.7. The highest BCUT2D eigenvalue weighted by Gasteiger charge is 1.89. The van der Waals surface area contributed by atoms with E-state index < -0.39 is 0 Å². The lowest BCUT2D eigenvalue weighted by atomic mass is 10.4. The van der Waals surface area contributed by atoms with E-state index in [1.165, 1.54) is 0 Å². The number of nitrogens with two attached hydrogens (primary N) is 1. The summed E-state index contributed by atoms with van der Waals surface area (Å²) in [5.74, 6) is 0.863. The Bertz CT molecular complexity index is 237. The molecule has 1 aromatic rings. The number of carbonyl (C=O) groups is 1. The van der Waals surface area contributed by atoms with Gasteiger partial charge in [0.15, 0.2) is 0 Å². The van der Waals surface area contributed by atoms with Crippen molar-refractivity contribution in [2.24, 2.45) is 0 Å². The van der Waals surface area contributed by atoms with Crippen molar-refractivity contribution in [3.05, 3.63) is 18.2 Å². The van der Waals surface area contributed by atoms with Gasteiger partial charge in [0.2, 0.25) is 6.41 Å². The lowest BCUT2D eigenvalue weighted by molar-refractivity contribution is -0.105. The maximum Gasteiger partial charge on any atom is 0.212 e. The molecule has 0 aliphatic carbocycles. The fourth-order valence-corrected chi connectivity index (χ4v) is 0.592. The molecule has 1 amide bonds. The predicted molar refractivity (Wildman–Crippen MR) is 49.7 cm³/mol. The Morgan fingerprint density at radius 1 is 1.50 bits per heavy atom. The van der Waals surface area contributed by atoms with Crippen LogP contribution < -0.4 is 11.1 Å². The standard InChI is InChI=1S/C6H7N3O.C2H6/c7-5-2-1-3-6(9-5)8-4-10;1-2/h1-4H,(H3,7,8,9,10);1-2H3. The molecule has 0 radical (unpaired) electrons. The number of pyridine rings is 1. The number of nitrogen functional groups attached to an aromatic ring is 1. The van der Waals surface area contributed by atoms with Crippen molar-refractivity contribution in [2.45, 2.75) is 13.8 Å². The minimum Gasteiger partial charge on any atom is -0.384 e. The number of anilines is 2. The van der Waals surface area contributed by atoms with E-state index in [2.05, 4.69) is 10.3 Å². The van der Waals surface area contributed by atoms with Gasteiger partial charge in [-0.25, -0.2) is 4.98 Å². The number of hydrogen-bond donors (Lipinski definition) is 2. The first-order valence-electron chi connectivity index (χ1n) is 3.75. The maximum atomic E-state index is 9.89. The largest absolute Gasteiger partial charge is 0.384 e. The molecule has 0 aliphatic rings. The van der Waals surface area contributed by atoms with Gasteiger partial charge in [-0.2, -0.15) is 0 Å². The molecule has 66 valence electrons. The summed E-state index contributed by atoms with van der Waals surface area (Å²) in [5.41, 5.74) is 5.32. The van der Waals surface area contributed by atoms with Crippen LogP contribution >= 0.6 is 0 Å². The van der Waals surface area contributed by atoms with Crippen molar-refractivity contribution < 1.29 is 4.79 Å². The van der Waals surface area contributed by atoms with Gasteiger partial charge >= 0.3 is 0 Å². The van der Waals surface area contributed by atoms with Gasteiger partial charge < -0.3 is 11.1 Å².